The van der Waals surface area contributed by atoms with E-state index < -0.39 is 12.5 Å². The summed E-state index contributed by atoms with van der Waals surface area (Å²) >= 11 is 0. The molecule has 0 bridgehead atoms. The summed E-state index contributed by atoms with van der Waals surface area (Å²) in [5.41, 5.74) is 6.55. The van der Waals surface area contributed by atoms with Crippen LogP contribution in [0, 0.1) is 0 Å². The molecule has 2 aromatic carbocycles. The van der Waals surface area contributed by atoms with Crippen molar-refractivity contribution in [2.24, 2.45) is 5.73 Å². The molecule has 106 valence electrons. The third kappa shape index (κ3) is 3.54. The molecule has 0 spiro atoms. The normalized spacial score (nSPS) is 13.0. The number of hydrogen-bond donors (Lipinski definition) is 1. The van der Waals surface area contributed by atoms with Crippen LogP contribution in [0.4, 0.5) is 8.78 Å². The lowest BCUT2D eigenvalue weighted by atomic mass is 10.1. The van der Waals surface area contributed by atoms with E-state index in [2.05, 4.69) is 0 Å². The third-order valence-electron chi connectivity index (χ3n) is 3.00. The first-order valence-electron chi connectivity index (χ1n) is 6.41. The number of rotatable bonds is 5. The first kappa shape index (κ1) is 14.5. The zero-order chi connectivity index (χ0) is 14.6. The van der Waals surface area contributed by atoms with Gasteiger partial charge in [0.1, 0.15) is 5.75 Å². The van der Waals surface area contributed by atoms with Gasteiger partial charge in [0.15, 0.2) is 6.61 Å². The maximum atomic E-state index is 14.0. The highest BCUT2D eigenvalue weighted by molar-refractivity contribution is 5.30. The van der Waals surface area contributed by atoms with Crippen LogP contribution in [0.25, 0.3) is 0 Å². The molecule has 1 atom stereocenters. The van der Waals surface area contributed by atoms with Gasteiger partial charge in [-0.15, -0.1) is 0 Å². The summed E-state index contributed by atoms with van der Waals surface area (Å²) in [5, 5.41) is 0. The standard InChI is InChI=1S/C16H17F2NO/c1-12(19)13-6-5-9-15(10-13)20-11-16(17,18)14-7-3-2-4-8-14/h2-10,12H,11,19H2,1H3. The fourth-order valence-electron chi connectivity index (χ4n) is 1.83. The van der Waals surface area contributed by atoms with Crippen LogP contribution in [-0.2, 0) is 5.92 Å². The molecule has 0 saturated heterocycles. The molecule has 0 aromatic heterocycles. The monoisotopic (exact) mass is 277 g/mol. The fourth-order valence-corrected chi connectivity index (χ4v) is 1.83. The van der Waals surface area contributed by atoms with Crippen LogP contribution in [-0.4, -0.2) is 6.61 Å². The van der Waals surface area contributed by atoms with E-state index in [1.165, 1.54) is 12.1 Å². The first-order valence-corrected chi connectivity index (χ1v) is 6.41. The van der Waals surface area contributed by atoms with Crippen molar-refractivity contribution in [1.29, 1.82) is 0 Å². The van der Waals surface area contributed by atoms with Crippen LogP contribution < -0.4 is 10.5 Å². The molecule has 0 aliphatic rings. The van der Waals surface area contributed by atoms with Crippen molar-refractivity contribution in [3.05, 3.63) is 65.7 Å². The SMILES string of the molecule is CC(N)c1cccc(OCC(F)(F)c2ccccc2)c1. The highest BCUT2D eigenvalue weighted by Gasteiger charge is 2.32. The molecular weight excluding hydrogens is 260 g/mol. The second-order valence-electron chi connectivity index (χ2n) is 4.72. The van der Waals surface area contributed by atoms with Gasteiger partial charge < -0.3 is 10.5 Å². The molecule has 2 N–H and O–H groups in total. The van der Waals surface area contributed by atoms with Crippen LogP contribution in [0.2, 0.25) is 0 Å². The highest BCUT2D eigenvalue weighted by atomic mass is 19.3. The molecule has 2 nitrogen and oxygen atoms in total. The molecule has 0 aliphatic heterocycles. The molecule has 0 fully saturated rings. The summed E-state index contributed by atoms with van der Waals surface area (Å²) in [4.78, 5) is 0. The van der Waals surface area contributed by atoms with Gasteiger partial charge in [-0.3, -0.25) is 0 Å². The topological polar surface area (TPSA) is 35.2 Å². The minimum atomic E-state index is -3.02. The smallest absolute Gasteiger partial charge is 0.306 e. The quantitative estimate of drug-likeness (QED) is 0.900. The van der Waals surface area contributed by atoms with Gasteiger partial charge in [-0.25, -0.2) is 0 Å². The highest BCUT2D eigenvalue weighted by Crippen LogP contribution is 2.29. The lowest BCUT2D eigenvalue weighted by Crippen LogP contribution is -2.23. The van der Waals surface area contributed by atoms with Gasteiger partial charge in [0, 0.05) is 11.6 Å². The summed E-state index contributed by atoms with van der Waals surface area (Å²) in [7, 11) is 0. The molecular formula is C16H17F2NO. The lowest BCUT2D eigenvalue weighted by Gasteiger charge is -2.18. The fraction of sp³-hybridized carbons (Fsp3) is 0.250. The van der Waals surface area contributed by atoms with Crippen molar-refractivity contribution in [2.75, 3.05) is 6.61 Å². The van der Waals surface area contributed by atoms with Gasteiger partial charge in [-0.1, -0.05) is 42.5 Å². The van der Waals surface area contributed by atoms with Gasteiger partial charge in [0.05, 0.1) is 0 Å². The van der Waals surface area contributed by atoms with E-state index in [1.807, 2.05) is 13.0 Å². The summed E-state index contributed by atoms with van der Waals surface area (Å²) in [5.74, 6) is -2.62. The number of ether oxygens (including phenoxy) is 1. The molecule has 0 aliphatic carbocycles. The average Bonchev–Trinajstić information content (AvgIpc) is 2.46. The van der Waals surface area contributed by atoms with Crippen LogP contribution in [0.15, 0.2) is 54.6 Å². The van der Waals surface area contributed by atoms with Crippen molar-refractivity contribution < 1.29 is 13.5 Å². The van der Waals surface area contributed by atoms with Crippen molar-refractivity contribution in [3.8, 4) is 5.75 Å². The molecule has 4 heteroatoms. The predicted molar refractivity (Wildman–Crippen MR) is 74.9 cm³/mol. The summed E-state index contributed by atoms with van der Waals surface area (Å²) < 4.78 is 33.1. The van der Waals surface area contributed by atoms with Crippen LogP contribution in [0.5, 0.6) is 5.75 Å². The number of nitrogens with two attached hydrogens (primary N) is 1. The molecule has 1 unspecified atom stereocenters. The number of benzene rings is 2. The van der Waals surface area contributed by atoms with Crippen molar-refractivity contribution in [2.45, 2.75) is 18.9 Å². The second-order valence-corrected chi connectivity index (χ2v) is 4.72. The first-order chi connectivity index (χ1) is 9.49. The van der Waals surface area contributed by atoms with Crippen LogP contribution >= 0.6 is 0 Å². The van der Waals surface area contributed by atoms with E-state index in [4.69, 9.17) is 10.5 Å². The van der Waals surface area contributed by atoms with E-state index in [9.17, 15) is 8.78 Å². The zero-order valence-electron chi connectivity index (χ0n) is 11.2. The average molecular weight is 277 g/mol. The Morgan fingerprint density at radius 2 is 1.80 bits per heavy atom. The van der Waals surface area contributed by atoms with Gasteiger partial charge in [0.2, 0.25) is 0 Å². The summed E-state index contributed by atoms with van der Waals surface area (Å²) in [6.07, 6.45) is 0. The van der Waals surface area contributed by atoms with Crippen molar-refractivity contribution >= 4 is 0 Å². The molecule has 20 heavy (non-hydrogen) atoms. The Hall–Kier alpha value is -1.94. The van der Waals surface area contributed by atoms with Crippen LogP contribution in [0.1, 0.15) is 24.1 Å². The molecule has 0 saturated carbocycles. The second kappa shape index (κ2) is 6.01. The van der Waals surface area contributed by atoms with Gasteiger partial charge >= 0.3 is 5.92 Å². The van der Waals surface area contributed by atoms with Gasteiger partial charge in [-0.2, -0.15) is 8.78 Å². The van der Waals surface area contributed by atoms with Gasteiger partial charge in [0.25, 0.3) is 0 Å². The van der Waals surface area contributed by atoms with Gasteiger partial charge in [-0.05, 0) is 24.6 Å². The maximum Gasteiger partial charge on any atom is 0.306 e. The molecule has 2 aromatic rings. The number of halogens is 2. The van der Waals surface area contributed by atoms with E-state index in [1.54, 1.807) is 36.4 Å². The lowest BCUT2D eigenvalue weighted by molar-refractivity contribution is -0.0467. The summed E-state index contributed by atoms with van der Waals surface area (Å²) in [6.45, 7) is 1.14. The van der Waals surface area contributed by atoms with Crippen molar-refractivity contribution in [1.82, 2.24) is 0 Å². The van der Waals surface area contributed by atoms with Crippen molar-refractivity contribution in [3.63, 3.8) is 0 Å². The third-order valence-corrected chi connectivity index (χ3v) is 3.00. The minimum absolute atomic E-state index is 0.0525. The zero-order valence-corrected chi connectivity index (χ0v) is 11.2. The molecule has 0 amide bonds. The Labute approximate surface area is 117 Å². The maximum absolute atomic E-state index is 14.0. The van der Waals surface area contributed by atoms with Crippen LogP contribution in [0.3, 0.4) is 0 Å². The van der Waals surface area contributed by atoms with E-state index in [-0.39, 0.29) is 11.6 Å². The Morgan fingerprint density at radius 3 is 2.45 bits per heavy atom. The molecule has 0 radical (unpaired) electrons. The van der Waals surface area contributed by atoms with E-state index >= 15 is 0 Å². The number of hydrogen-bond acceptors (Lipinski definition) is 2. The Balaban J connectivity index is 2.06. The molecule has 2 rings (SSSR count). The largest absolute Gasteiger partial charge is 0.487 e. The minimum Gasteiger partial charge on any atom is -0.487 e. The molecule has 0 heterocycles. The van der Waals surface area contributed by atoms with E-state index in [0.29, 0.717) is 5.75 Å². The Kier molecular flexibility index (Phi) is 4.35. The summed E-state index contributed by atoms with van der Waals surface area (Å²) in [6, 6.07) is 14.4. The predicted octanol–water partition coefficient (Wildman–Crippen LogP) is 3.88. The Bertz CT molecular complexity index is 555. The number of alkyl halides is 2. The Morgan fingerprint density at radius 1 is 1.10 bits per heavy atom. The van der Waals surface area contributed by atoms with E-state index in [0.717, 1.165) is 5.56 Å².